The van der Waals surface area contributed by atoms with Crippen molar-refractivity contribution in [3.63, 3.8) is 0 Å². The molecule has 1 N–H and O–H groups in total. The fourth-order valence-corrected chi connectivity index (χ4v) is 8.03. The largest absolute Gasteiger partial charge is 0.300 e. The number of thiazole rings is 1. The minimum absolute atomic E-state index is 0.0499. The molecule has 0 radical (unpaired) electrons. The zero-order valence-electron chi connectivity index (χ0n) is 17.9. The third kappa shape index (κ3) is 3.23. The van der Waals surface area contributed by atoms with E-state index in [0.717, 1.165) is 33.9 Å². The molecule has 0 unspecified atom stereocenters. The lowest BCUT2D eigenvalue weighted by atomic mass is 9.49. The maximum Gasteiger partial charge on any atom is 0.270 e. The maximum absolute atomic E-state index is 12.2. The second-order valence-corrected chi connectivity index (χ2v) is 11.4. The van der Waals surface area contributed by atoms with Gasteiger partial charge in [0.15, 0.2) is 5.16 Å². The van der Waals surface area contributed by atoms with Crippen LogP contribution in [0.4, 0.5) is 0 Å². The summed E-state index contributed by atoms with van der Waals surface area (Å²) in [4.78, 5) is 24.5. The van der Waals surface area contributed by atoms with Gasteiger partial charge in [-0.1, -0.05) is 36.0 Å². The van der Waals surface area contributed by atoms with E-state index in [1.165, 1.54) is 56.0 Å². The molecule has 0 spiro atoms. The van der Waals surface area contributed by atoms with Crippen LogP contribution in [0.3, 0.4) is 0 Å². The summed E-state index contributed by atoms with van der Waals surface area (Å²) >= 11 is 3.08. The van der Waals surface area contributed by atoms with E-state index in [-0.39, 0.29) is 5.56 Å². The van der Waals surface area contributed by atoms with Gasteiger partial charge in [0.1, 0.15) is 16.6 Å². The van der Waals surface area contributed by atoms with Crippen molar-refractivity contribution in [2.45, 2.75) is 49.1 Å². The quantitative estimate of drug-likeness (QED) is 0.403. The zero-order valence-corrected chi connectivity index (χ0v) is 19.6. The summed E-state index contributed by atoms with van der Waals surface area (Å²) in [6.45, 7) is 0. The van der Waals surface area contributed by atoms with E-state index in [1.54, 1.807) is 11.3 Å². The summed E-state index contributed by atoms with van der Waals surface area (Å²) < 4.78 is 0. The predicted molar refractivity (Wildman–Crippen MR) is 128 cm³/mol. The van der Waals surface area contributed by atoms with Gasteiger partial charge in [-0.05, 0) is 62.5 Å². The first-order valence-corrected chi connectivity index (χ1v) is 13.3. The molecular formula is C25H24N4OS2. The number of rotatable bonds is 4. The van der Waals surface area contributed by atoms with Gasteiger partial charge in [-0.15, -0.1) is 11.3 Å². The lowest BCUT2D eigenvalue weighted by Gasteiger charge is -2.56. The summed E-state index contributed by atoms with van der Waals surface area (Å²) in [5.41, 5.74) is 3.55. The molecule has 162 valence electrons. The zero-order chi connectivity index (χ0) is 21.9. The average molecular weight is 461 g/mol. The first kappa shape index (κ1) is 20.2. The minimum Gasteiger partial charge on any atom is -0.300 e. The molecule has 0 amide bonds. The SMILES string of the molecule is CSc1nc(-c2ccc(-c3nc(C45CC6CC(CC(C6)C4)C5)cs3)cc2)c(C#N)c(=O)[nH]1. The standard InChI is InChI=1S/C25H24N4OS2/c1-31-24-28-21(19(12-26)22(30)29-24)17-2-4-18(5-3-17)23-27-20(13-32-23)25-9-14-6-15(10-25)8-16(7-14)11-25/h2-5,13-16H,6-11H2,1H3,(H,28,29,30). The monoisotopic (exact) mass is 460 g/mol. The van der Waals surface area contributed by atoms with Gasteiger partial charge in [-0.3, -0.25) is 4.79 Å². The van der Waals surface area contributed by atoms with E-state index >= 15 is 0 Å². The number of hydrogen-bond donors (Lipinski definition) is 1. The molecule has 2 heterocycles. The Morgan fingerprint density at radius 1 is 1.06 bits per heavy atom. The minimum atomic E-state index is -0.397. The van der Waals surface area contributed by atoms with Crippen molar-refractivity contribution in [1.82, 2.24) is 15.0 Å². The van der Waals surface area contributed by atoms with Gasteiger partial charge >= 0.3 is 0 Å². The summed E-state index contributed by atoms with van der Waals surface area (Å²) in [5.74, 6) is 2.73. The van der Waals surface area contributed by atoms with E-state index < -0.39 is 5.56 Å². The fourth-order valence-electron chi connectivity index (χ4n) is 6.71. The van der Waals surface area contributed by atoms with Crippen molar-refractivity contribution in [2.75, 3.05) is 6.26 Å². The van der Waals surface area contributed by atoms with Crippen molar-refractivity contribution in [1.29, 1.82) is 5.26 Å². The average Bonchev–Trinajstić information content (AvgIpc) is 3.29. The maximum atomic E-state index is 12.2. The highest BCUT2D eigenvalue weighted by Gasteiger charge is 2.52. The Morgan fingerprint density at radius 3 is 2.28 bits per heavy atom. The molecule has 1 aromatic carbocycles. The van der Waals surface area contributed by atoms with Gasteiger partial charge in [0.05, 0.1) is 11.4 Å². The number of nitrogens with zero attached hydrogens (tertiary/aromatic N) is 3. The molecule has 4 fully saturated rings. The van der Waals surface area contributed by atoms with Crippen LogP contribution in [-0.2, 0) is 5.41 Å². The lowest BCUT2D eigenvalue weighted by Crippen LogP contribution is -2.48. The summed E-state index contributed by atoms with van der Waals surface area (Å²) in [5, 5.41) is 13.3. The Hall–Kier alpha value is -2.43. The van der Waals surface area contributed by atoms with Gasteiger partial charge in [-0.2, -0.15) is 5.26 Å². The van der Waals surface area contributed by atoms with Gasteiger partial charge in [0, 0.05) is 21.9 Å². The van der Waals surface area contributed by atoms with E-state index in [9.17, 15) is 10.1 Å². The molecule has 5 nitrogen and oxygen atoms in total. The third-order valence-corrected chi connectivity index (χ3v) is 9.17. The highest BCUT2D eigenvalue weighted by Crippen LogP contribution is 2.60. The molecule has 0 atom stereocenters. The number of hydrogen-bond acceptors (Lipinski definition) is 6. The molecule has 0 aliphatic heterocycles. The van der Waals surface area contributed by atoms with Crippen molar-refractivity contribution in [3.05, 3.63) is 51.3 Å². The van der Waals surface area contributed by atoms with Crippen LogP contribution in [0.2, 0.25) is 0 Å². The van der Waals surface area contributed by atoms with Crippen LogP contribution in [0.15, 0.2) is 39.6 Å². The molecule has 7 rings (SSSR count). The number of benzene rings is 1. The number of thioether (sulfide) groups is 1. The van der Waals surface area contributed by atoms with Crippen molar-refractivity contribution in [2.24, 2.45) is 17.8 Å². The second kappa shape index (κ2) is 7.57. The Balaban J connectivity index is 1.31. The van der Waals surface area contributed by atoms with E-state index in [1.807, 2.05) is 36.6 Å². The van der Waals surface area contributed by atoms with Crippen molar-refractivity contribution < 1.29 is 0 Å². The van der Waals surface area contributed by atoms with Crippen LogP contribution in [-0.4, -0.2) is 21.2 Å². The predicted octanol–water partition coefficient (Wildman–Crippen LogP) is 5.62. The summed E-state index contributed by atoms with van der Waals surface area (Å²) in [7, 11) is 0. The third-order valence-electron chi connectivity index (χ3n) is 7.69. The topological polar surface area (TPSA) is 82.4 Å². The molecule has 0 saturated heterocycles. The highest BCUT2D eigenvalue weighted by molar-refractivity contribution is 7.98. The van der Waals surface area contributed by atoms with Gasteiger partial charge in [-0.25, -0.2) is 9.97 Å². The van der Waals surface area contributed by atoms with Gasteiger partial charge < -0.3 is 4.98 Å². The molecule has 4 saturated carbocycles. The van der Waals surface area contributed by atoms with Crippen LogP contribution < -0.4 is 5.56 Å². The molecule has 7 heteroatoms. The fraction of sp³-hybridized carbons (Fsp3) is 0.440. The Kier molecular flexibility index (Phi) is 4.78. The normalized spacial score (nSPS) is 28.1. The lowest BCUT2D eigenvalue weighted by molar-refractivity contribution is -0.00689. The summed E-state index contributed by atoms with van der Waals surface area (Å²) in [6, 6.07) is 9.93. The molecule has 4 bridgehead atoms. The number of nitrogens with one attached hydrogen (secondary N) is 1. The van der Waals surface area contributed by atoms with E-state index in [2.05, 4.69) is 15.3 Å². The Labute approximate surface area is 195 Å². The van der Waals surface area contributed by atoms with Crippen LogP contribution in [0, 0.1) is 29.1 Å². The Morgan fingerprint density at radius 2 is 1.69 bits per heavy atom. The van der Waals surface area contributed by atoms with Crippen LogP contribution in [0.5, 0.6) is 0 Å². The first-order valence-electron chi connectivity index (χ1n) is 11.2. The highest BCUT2D eigenvalue weighted by atomic mass is 32.2. The van der Waals surface area contributed by atoms with Crippen LogP contribution in [0.1, 0.15) is 49.8 Å². The number of H-pyrrole nitrogens is 1. The van der Waals surface area contributed by atoms with Crippen molar-refractivity contribution >= 4 is 23.1 Å². The number of aromatic nitrogens is 3. The van der Waals surface area contributed by atoms with Gasteiger partial charge in [0.25, 0.3) is 5.56 Å². The first-order chi connectivity index (χ1) is 15.6. The van der Waals surface area contributed by atoms with Gasteiger partial charge in [0.2, 0.25) is 0 Å². The molecular weight excluding hydrogens is 436 g/mol. The second-order valence-electron chi connectivity index (χ2n) is 9.72. The number of nitriles is 1. The molecule has 2 aromatic heterocycles. The van der Waals surface area contributed by atoms with E-state index in [0.29, 0.717) is 16.3 Å². The van der Waals surface area contributed by atoms with E-state index in [4.69, 9.17) is 4.98 Å². The Bertz CT molecular complexity index is 1250. The smallest absolute Gasteiger partial charge is 0.270 e. The van der Waals surface area contributed by atoms with Crippen LogP contribution in [0.25, 0.3) is 21.8 Å². The molecule has 4 aliphatic carbocycles. The molecule has 4 aliphatic rings. The number of aromatic amines is 1. The summed E-state index contributed by atoms with van der Waals surface area (Å²) in [6.07, 6.45) is 10.1. The van der Waals surface area contributed by atoms with Crippen molar-refractivity contribution in [3.8, 4) is 27.9 Å². The van der Waals surface area contributed by atoms with Crippen LogP contribution >= 0.6 is 23.1 Å². The molecule has 32 heavy (non-hydrogen) atoms. The molecule has 3 aromatic rings.